The van der Waals surface area contributed by atoms with Crippen LogP contribution in [0.1, 0.15) is 68.6 Å². The number of hydrogen-bond acceptors (Lipinski definition) is 5. The smallest absolute Gasteiger partial charge is 0.107 e. The van der Waals surface area contributed by atoms with E-state index in [1.54, 1.807) is 0 Å². The van der Waals surface area contributed by atoms with Crippen molar-refractivity contribution in [2.45, 2.75) is 77.8 Å². The third-order valence-electron chi connectivity index (χ3n) is 6.59. The van der Waals surface area contributed by atoms with E-state index in [1.165, 1.54) is 24.1 Å². The fraction of sp³-hybridized carbons (Fsp3) is 0.652. The van der Waals surface area contributed by atoms with Crippen LogP contribution in [0.3, 0.4) is 0 Å². The van der Waals surface area contributed by atoms with Gasteiger partial charge in [0.15, 0.2) is 0 Å². The molecule has 2 aliphatic rings. The molecule has 1 N–H and O–H groups in total. The number of aromatic nitrogens is 3. The van der Waals surface area contributed by atoms with Gasteiger partial charge in [-0.1, -0.05) is 6.07 Å². The van der Waals surface area contributed by atoms with Crippen molar-refractivity contribution in [3.63, 3.8) is 0 Å². The van der Waals surface area contributed by atoms with E-state index in [-0.39, 0.29) is 0 Å². The predicted molar refractivity (Wildman–Crippen MR) is 117 cm³/mol. The van der Waals surface area contributed by atoms with E-state index >= 15 is 0 Å². The van der Waals surface area contributed by atoms with Crippen LogP contribution in [0.5, 0.6) is 0 Å². The normalized spacial score (nSPS) is 26.5. The molecular weight excluding hydrogens is 360 g/mol. The number of nitrogens with zero attached hydrogens (tertiary/aromatic N) is 5. The van der Waals surface area contributed by atoms with Crippen LogP contribution in [-0.2, 0) is 13.0 Å². The molecule has 3 heterocycles. The molecule has 0 bridgehead atoms. The third-order valence-corrected chi connectivity index (χ3v) is 6.59. The van der Waals surface area contributed by atoms with Crippen LogP contribution >= 0.6 is 0 Å². The fourth-order valence-corrected chi connectivity index (χ4v) is 5.23. The maximum Gasteiger partial charge on any atom is 0.107 e. The zero-order chi connectivity index (χ0) is 20.5. The van der Waals surface area contributed by atoms with Crippen LogP contribution < -0.4 is 5.32 Å². The molecule has 1 aliphatic heterocycles. The number of hydrogen-bond donors (Lipinski definition) is 1. The Morgan fingerprint density at radius 1 is 1.28 bits per heavy atom. The number of piperazine rings is 1. The van der Waals surface area contributed by atoms with Crippen LogP contribution in [0.25, 0.3) is 0 Å². The van der Waals surface area contributed by atoms with E-state index in [9.17, 15) is 0 Å². The first kappa shape index (κ1) is 20.5. The minimum Gasteiger partial charge on any atom is -0.319 e. The molecule has 2 aromatic heterocycles. The lowest BCUT2D eigenvalue weighted by atomic mass is 9.91. The molecule has 158 valence electrons. The van der Waals surface area contributed by atoms with Gasteiger partial charge < -0.3 is 9.88 Å². The molecule has 2 aromatic rings. The zero-order valence-corrected chi connectivity index (χ0v) is 18.6. The second-order valence-electron chi connectivity index (χ2n) is 9.11. The largest absolute Gasteiger partial charge is 0.319 e. The van der Waals surface area contributed by atoms with Gasteiger partial charge in [0.2, 0.25) is 0 Å². The number of fused-ring (bicyclic) bond motifs is 1. The fourth-order valence-electron chi connectivity index (χ4n) is 5.23. The van der Waals surface area contributed by atoms with Crippen molar-refractivity contribution in [1.29, 1.82) is 0 Å². The summed E-state index contributed by atoms with van der Waals surface area (Å²) in [5.41, 5.74) is 3.82. The van der Waals surface area contributed by atoms with E-state index in [4.69, 9.17) is 9.97 Å². The third kappa shape index (κ3) is 4.39. The summed E-state index contributed by atoms with van der Waals surface area (Å²) in [6.07, 6.45) is 8.08. The molecule has 1 saturated heterocycles. The summed E-state index contributed by atoms with van der Waals surface area (Å²) in [4.78, 5) is 14.6. The monoisotopic (exact) mass is 396 g/mol. The number of rotatable bonds is 5. The first-order valence-corrected chi connectivity index (χ1v) is 11.1. The Kier molecular flexibility index (Phi) is 6.04. The summed E-state index contributed by atoms with van der Waals surface area (Å²) in [6, 6.07) is 5.73. The van der Waals surface area contributed by atoms with Gasteiger partial charge in [0, 0.05) is 44.1 Å². The van der Waals surface area contributed by atoms with Crippen LogP contribution in [-0.4, -0.2) is 56.6 Å². The lowest BCUT2D eigenvalue weighted by Gasteiger charge is -2.40. The zero-order valence-electron chi connectivity index (χ0n) is 18.6. The SMILES string of the molecule is Cc1nc(CN(C)C2CCCc3cccnc32)cn1C(C)N1CC(C)NC(C)C1. The molecule has 4 rings (SSSR count). The van der Waals surface area contributed by atoms with E-state index in [0.717, 1.165) is 37.6 Å². The quantitative estimate of drug-likeness (QED) is 0.840. The Bertz CT molecular complexity index is 821. The van der Waals surface area contributed by atoms with Gasteiger partial charge >= 0.3 is 0 Å². The molecular formula is C23H36N6. The van der Waals surface area contributed by atoms with Crippen LogP contribution in [0.4, 0.5) is 0 Å². The van der Waals surface area contributed by atoms with Gasteiger partial charge in [-0.2, -0.15) is 0 Å². The van der Waals surface area contributed by atoms with Gasteiger partial charge in [0.1, 0.15) is 5.82 Å². The van der Waals surface area contributed by atoms with Gasteiger partial charge in [0.25, 0.3) is 0 Å². The van der Waals surface area contributed by atoms with E-state index in [0.29, 0.717) is 24.3 Å². The van der Waals surface area contributed by atoms with Crippen molar-refractivity contribution >= 4 is 0 Å². The second-order valence-corrected chi connectivity index (χ2v) is 9.11. The second kappa shape index (κ2) is 8.54. The number of imidazole rings is 1. The molecule has 0 spiro atoms. The van der Waals surface area contributed by atoms with Crippen LogP contribution in [0.15, 0.2) is 24.5 Å². The molecule has 29 heavy (non-hydrogen) atoms. The minimum absolute atomic E-state index is 0.325. The highest BCUT2D eigenvalue weighted by Crippen LogP contribution is 2.32. The van der Waals surface area contributed by atoms with Gasteiger partial charge in [-0.15, -0.1) is 0 Å². The summed E-state index contributed by atoms with van der Waals surface area (Å²) in [5, 5.41) is 3.63. The summed E-state index contributed by atoms with van der Waals surface area (Å²) in [7, 11) is 2.21. The molecule has 0 radical (unpaired) electrons. The van der Waals surface area contributed by atoms with Crippen molar-refractivity contribution in [3.8, 4) is 0 Å². The molecule has 6 nitrogen and oxygen atoms in total. The number of pyridine rings is 1. The number of aryl methyl sites for hydroxylation is 2. The molecule has 0 aromatic carbocycles. The molecule has 1 aliphatic carbocycles. The van der Waals surface area contributed by atoms with Gasteiger partial charge in [-0.05, 0) is 65.6 Å². The number of nitrogens with one attached hydrogen (secondary N) is 1. The molecule has 6 heteroatoms. The maximum atomic E-state index is 4.91. The lowest BCUT2D eigenvalue weighted by molar-refractivity contribution is 0.0921. The average Bonchev–Trinajstić information content (AvgIpc) is 3.06. The van der Waals surface area contributed by atoms with Crippen molar-refractivity contribution in [3.05, 3.63) is 47.3 Å². The first-order chi connectivity index (χ1) is 13.9. The first-order valence-electron chi connectivity index (χ1n) is 11.1. The summed E-state index contributed by atoms with van der Waals surface area (Å²) < 4.78 is 2.35. The lowest BCUT2D eigenvalue weighted by Crippen LogP contribution is -2.55. The van der Waals surface area contributed by atoms with Crippen molar-refractivity contribution in [1.82, 2.24) is 29.7 Å². The maximum absolute atomic E-state index is 4.91. The average molecular weight is 397 g/mol. The molecule has 4 atom stereocenters. The van der Waals surface area contributed by atoms with Crippen molar-refractivity contribution < 1.29 is 0 Å². The molecule has 4 unspecified atom stereocenters. The van der Waals surface area contributed by atoms with Gasteiger partial charge in [-0.25, -0.2) is 4.98 Å². The predicted octanol–water partition coefficient (Wildman–Crippen LogP) is 3.30. The minimum atomic E-state index is 0.325. The Balaban J connectivity index is 1.47. The topological polar surface area (TPSA) is 49.2 Å². The standard InChI is InChI=1S/C23H36N6/c1-16-12-28(13-17(2)25-16)19(4)29-15-21(26-18(29)3)14-27(5)22-10-6-8-20-9-7-11-24-23(20)22/h7,9,11,15-17,19,22,25H,6,8,10,12-14H2,1-5H3. The highest BCUT2D eigenvalue weighted by atomic mass is 15.3. The summed E-state index contributed by atoms with van der Waals surface area (Å²) in [5.74, 6) is 1.10. The molecule has 1 fully saturated rings. The molecule has 0 saturated carbocycles. The summed E-state index contributed by atoms with van der Waals surface area (Å²) in [6.45, 7) is 12.0. The highest BCUT2D eigenvalue weighted by Gasteiger charge is 2.28. The van der Waals surface area contributed by atoms with E-state index < -0.39 is 0 Å². The van der Waals surface area contributed by atoms with Crippen LogP contribution in [0.2, 0.25) is 0 Å². The van der Waals surface area contributed by atoms with Crippen molar-refractivity contribution in [2.75, 3.05) is 20.1 Å². The van der Waals surface area contributed by atoms with E-state index in [2.05, 4.69) is 72.8 Å². The highest BCUT2D eigenvalue weighted by molar-refractivity contribution is 5.25. The Hall–Kier alpha value is -1.76. The Morgan fingerprint density at radius 3 is 2.79 bits per heavy atom. The van der Waals surface area contributed by atoms with Crippen molar-refractivity contribution in [2.24, 2.45) is 0 Å². The summed E-state index contributed by atoms with van der Waals surface area (Å²) >= 11 is 0. The molecule has 0 amide bonds. The van der Waals surface area contributed by atoms with E-state index in [1.807, 2.05) is 6.20 Å². The Morgan fingerprint density at radius 2 is 2.03 bits per heavy atom. The van der Waals surface area contributed by atoms with Gasteiger partial charge in [0.05, 0.1) is 23.6 Å². The Labute approximate surface area is 175 Å². The van der Waals surface area contributed by atoms with Gasteiger partial charge in [-0.3, -0.25) is 14.8 Å². The van der Waals surface area contributed by atoms with Crippen LogP contribution in [0, 0.1) is 6.92 Å².